The molecule has 1 aliphatic rings. The van der Waals surface area contributed by atoms with Gasteiger partial charge in [0.15, 0.2) is 0 Å². The van der Waals surface area contributed by atoms with Gasteiger partial charge < -0.3 is 10.4 Å². The van der Waals surface area contributed by atoms with Crippen molar-refractivity contribution in [2.75, 3.05) is 18.1 Å². The van der Waals surface area contributed by atoms with E-state index in [1.165, 1.54) is 24.3 Å². The molecule has 1 fully saturated rings. The fraction of sp³-hybridized carbons (Fsp3) is 1.00. The van der Waals surface area contributed by atoms with Crippen LogP contribution in [0, 0.1) is 11.3 Å². The fourth-order valence-corrected chi connectivity index (χ4v) is 3.42. The van der Waals surface area contributed by atoms with E-state index in [9.17, 15) is 5.11 Å². The summed E-state index contributed by atoms with van der Waals surface area (Å²) in [5.74, 6) is 2.88. The third-order valence-electron chi connectivity index (χ3n) is 3.44. The summed E-state index contributed by atoms with van der Waals surface area (Å²) in [6, 6.07) is 0.650. The van der Waals surface area contributed by atoms with Crippen LogP contribution < -0.4 is 5.32 Å². The third-order valence-corrected chi connectivity index (χ3v) is 4.65. The molecule has 2 nitrogen and oxygen atoms in total. The van der Waals surface area contributed by atoms with Gasteiger partial charge in [-0.15, -0.1) is 0 Å². The summed E-state index contributed by atoms with van der Waals surface area (Å²) in [7, 11) is 0. The fourth-order valence-electron chi connectivity index (χ4n) is 2.32. The van der Waals surface area contributed by atoms with Gasteiger partial charge in [-0.1, -0.05) is 27.7 Å². The second-order valence-corrected chi connectivity index (χ2v) is 7.12. The maximum Gasteiger partial charge on any atom is 0.0626 e. The number of rotatable bonds is 5. The van der Waals surface area contributed by atoms with Gasteiger partial charge in [0.2, 0.25) is 0 Å². The van der Waals surface area contributed by atoms with Crippen molar-refractivity contribution in [1.29, 1.82) is 0 Å². The van der Waals surface area contributed by atoms with Gasteiger partial charge in [-0.2, -0.15) is 11.8 Å². The largest absolute Gasteiger partial charge is 0.392 e. The van der Waals surface area contributed by atoms with Crippen molar-refractivity contribution in [2.24, 2.45) is 11.3 Å². The topological polar surface area (TPSA) is 32.3 Å². The van der Waals surface area contributed by atoms with Crippen LogP contribution in [0.3, 0.4) is 0 Å². The van der Waals surface area contributed by atoms with E-state index in [0.29, 0.717) is 12.0 Å². The van der Waals surface area contributed by atoms with Crippen molar-refractivity contribution in [3.8, 4) is 0 Å². The standard InChI is InChI=1S/C13H27NOS/c1-10(2)12(15)13(3,4)9-14-11-6-5-7-16-8-11/h10-12,14-15H,5-9H2,1-4H3. The predicted octanol–water partition coefficient (Wildman–Crippen LogP) is 2.51. The number of hydrogen-bond donors (Lipinski definition) is 2. The molecule has 96 valence electrons. The smallest absolute Gasteiger partial charge is 0.0626 e. The molecule has 2 unspecified atom stereocenters. The van der Waals surface area contributed by atoms with Crippen LogP contribution in [-0.4, -0.2) is 35.3 Å². The molecule has 1 saturated heterocycles. The van der Waals surface area contributed by atoms with Crippen molar-refractivity contribution in [2.45, 2.75) is 52.7 Å². The zero-order chi connectivity index (χ0) is 12.2. The third kappa shape index (κ3) is 4.27. The van der Waals surface area contributed by atoms with Crippen LogP contribution in [0.2, 0.25) is 0 Å². The van der Waals surface area contributed by atoms with Crippen LogP contribution in [0.5, 0.6) is 0 Å². The highest BCUT2D eigenvalue weighted by Gasteiger charge is 2.30. The normalized spacial score (nSPS) is 24.8. The summed E-state index contributed by atoms with van der Waals surface area (Å²) in [4.78, 5) is 0. The van der Waals surface area contributed by atoms with Crippen molar-refractivity contribution in [1.82, 2.24) is 5.32 Å². The summed E-state index contributed by atoms with van der Waals surface area (Å²) < 4.78 is 0. The molecular weight excluding hydrogens is 218 g/mol. The first-order chi connectivity index (χ1) is 7.43. The van der Waals surface area contributed by atoms with Gasteiger partial charge in [-0.05, 0) is 24.5 Å². The van der Waals surface area contributed by atoms with Gasteiger partial charge in [0, 0.05) is 23.8 Å². The Morgan fingerprint density at radius 2 is 2.12 bits per heavy atom. The number of nitrogens with one attached hydrogen (secondary N) is 1. The van der Waals surface area contributed by atoms with Crippen LogP contribution in [0.4, 0.5) is 0 Å². The number of aliphatic hydroxyl groups is 1. The molecule has 2 N–H and O–H groups in total. The lowest BCUT2D eigenvalue weighted by molar-refractivity contribution is 0.0123. The molecule has 0 spiro atoms. The zero-order valence-corrected chi connectivity index (χ0v) is 11.9. The number of hydrogen-bond acceptors (Lipinski definition) is 3. The Morgan fingerprint density at radius 1 is 1.44 bits per heavy atom. The van der Waals surface area contributed by atoms with Crippen LogP contribution in [-0.2, 0) is 0 Å². The molecule has 0 saturated carbocycles. The van der Waals surface area contributed by atoms with Gasteiger partial charge >= 0.3 is 0 Å². The van der Waals surface area contributed by atoms with Crippen LogP contribution in [0.15, 0.2) is 0 Å². The maximum atomic E-state index is 10.1. The average molecular weight is 245 g/mol. The van der Waals surface area contributed by atoms with Crippen molar-refractivity contribution >= 4 is 11.8 Å². The molecule has 0 aliphatic carbocycles. The van der Waals surface area contributed by atoms with E-state index in [-0.39, 0.29) is 11.5 Å². The molecule has 0 bridgehead atoms. The van der Waals surface area contributed by atoms with E-state index < -0.39 is 0 Å². The minimum absolute atomic E-state index is 0.0315. The first kappa shape index (κ1) is 14.3. The molecule has 2 atom stereocenters. The van der Waals surface area contributed by atoms with E-state index in [1.807, 2.05) is 11.8 Å². The van der Waals surface area contributed by atoms with Crippen molar-refractivity contribution < 1.29 is 5.11 Å². The highest BCUT2D eigenvalue weighted by atomic mass is 32.2. The molecule has 0 aromatic rings. The molecule has 16 heavy (non-hydrogen) atoms. The lowest BCUT2D eigenvalue weighted by Crippen LogP contribution is -2.46. The van der Waals surface area contributed by atoms with Gasteiger partial charge in [0.25, 0.3) is 0 Å². The van der Waals surface area contributed by atoms with E-state index >= 15 is 0 Å². The monoisotopic (exact) mass is 245 g/mol. The molecule has 1 aliphatic heterocycles. The Bertz CT molecular complexity index is 200. The van der Waals surface area contributed by atoms with Gasteiger partial charge in [0.1, 0.15) is 0 Å². The molecule has 0 radical (unpaired) electrons. The Hall–Kier alpha value is 0.270. The van der Waals surface area contributed by atoms with Crippen LogP contribution >= 0.6 is 11.8 Å². The average Bonchev–Trinajstić information content (AvgIpc) is 2.27. The molecule has 3 heteroatoms. The zero-order valence-electron chi connectivity index (χ0n) is 11.1. The number of aliphatic hydroxyl groups excluding tert-OH is 1. The first-order valence-electron chi connectivity index (χ1n) is 6.42. The second kappa shape index (κ2) is 6.27. The quantitative estimate of drug-likeness (QED) is 0.780. The molecule has 1 heterocycles. The SMILES string of the molecule is CC(C)C(O)C(C)(C)CNC1CCCSC1. The molecule has 0 aromatic carbocycles. The van der Waals surface area contributed by atoms with Gasteiger partial charge in [0.05, 0.1) is 6.10 Å². The summed E-state index contributed by atoms with van der Waals surface area (Å²) in [5, 5.41) is 13.8. The Balaban J connectivity index is 2.34. The van der Waals surface area contributed by atoms with E-state index in [1.54, 1.807) is 0 Å². The Morgan fingerprint density at radius 3 is 2.62 bits per heavy atom. The molecule has 0 amide bonds. The number of thioether (sulfide) groups is 1. The maximum absolute atomic E-state index is 10.1. The highest BCUT2D eigenvalue weighted by Crippen LogP contribution is 2.26. The predicted molar refractivity (Wildman–Crippen MR) is 73.0 cm³/mol. The first-order valence-corrected chi connectivity index (χ1v) is 7.58. The van der Waals surface area contributed by atoms with Crippen molar-refractivity contribution in [3.63, 3.8) is 0 Å². The van der Waals surface area contributed by atoms with E-state index in [4.69, 9.17) is 0 Å². The minimum atomic E-state index is -0.226. The second-order valence-electron chi connectivity index (χ2n) is 5.97. The van der Waals surface area contributed by atoms with Crippen LogP contribution in [0.25, 0.3) is 0 Å². The van der Waals surface area contributed by atoms with E-state index in [0.717, 1.165) is 6.54 Å². The summed E-state index contributed by atoms with van der Waals surface area (Å²) in [5.41, 5.74) is -0.0315. The van der Waals surface area contributed by atoms with Gasteiger partial charge in [-0.25, -0.2) is 0 Å². The van der Waals surface area contributed by atoms with Gasteiger partial charge in [-0.3, -0.25) is 0 Å². The summed E-state index contributed by atoms with van der Waals surface area (Å²) in [6.45, 7) is 9.39. The Labute approximate surface area is 105 Å². The lowest BCUT2D eigenvalue weighted by Gasteiger charge is -2.35. The minimum Gasteiger partial charge on any atom is -0.392 e. The summed E-state index contributed by atoms with van der Waals surface area (Å²) >= 11 is 2.04. The summed E-state index contributed by atoms with van der Waals surface area (Å²) in [6.07, 6.45) is 2.40. The Kier molecular flexibility index (Phi) is 5.62. The highest BCUT2D eigenvalue weighted by molar-refractivity contribution is 7.99. The van der Waals surface area contributed by atoms with Crippen LogP contribution in [0.1, 0.15) is 40.5 Å². The lowest BCUT2D eigenvalue weighted by atomic mass is 9.80. The molecule has 0 aromatic heterocycles. The van der Waals surface area contributed by atoms with Crippen molar-refractivity contribution in [3.05, 3.63) is 0 Å². The molecule has 1 rings (SSSR count). The molecular formula is C13H27NOS. The van der Waals surface area contributed by atoms with E-state index in [2.05, 4.69) is 33.0 Å².